The van der Waals surface area contributed by atoms with Crippen molar-refractivity contribution in [1.29, 1.82) is 0 Å². The summed E-state index contributed by atoms with van der Waals surface area (Å²) in [7, 11) is 1.53. The summed E-state index contributed by atoms with van der Waals surface area (Å²) in [5, 5.41) is 0.101. The number of carbonyl (C=O) groups is 1. The highest BCUT2D eigenvalue weighted by atomic mass is 19.1. The Kier molecular flexibility index (Phi) is 7.25. The predicted molar refractivity (Wildman–Crippen MR) is 136 cm³/mol. The maximum absolute atomic E-state index is 14.0. The Morgan fingerprint density at radius 3 is 2.68 bits per heavy atom. The predicted octanol–water partition coefficient (Wildman–Crippen LogP) is 3.77. The molecule has 2 aromatic carbocycles. The van der Waals surface area contributed by atoms with Gasteiger partial charge in [-0.2, -0.15) is 0 Å². The van der Waals surface area contributed by atoms with Crippen LogP contribution in [0.1, 0.15) is 34.1 Å². The zero-order valence-electron chi connectivity index (χ0n) is 20.7. The minimum atomic E-state index is -0.710. The molecule has 1 saturated heterocycles. The van der Waals surface area contributed by atoms with E-state index in [1.54, 1.807) is 29.2 Å². The van der Waals surface area contributed by atoms with E-state index in [9.17, 15) is 14.0 Å². The lowest BCUT2D eigenvalue weighted by Gasteiger charge is -2.29. The van der Waals surface area contributed by atoms with Crippen molar-refractivity contribution in [2.24, 2.45) is 0 Å². The first-order valence-corrected chi connectivity index (χ1v) is 12.3. The van der Waals surface area contributed by atoms with Gasteiger partial charge in [-0.05, 0) is 42.3 Å². The highest BCUT2D eigenvalue weighted by Crippen LogP contribution is 2.41. The molecule has 3 heterocycles. The van der Waals surface area contributed by atoms with Crippen LogP contribution in [0, 0.1) is 5.82 Å². The van der Waals surface area contributed by atoms with Crippen molar-refractivity contribution in [2.75, 3.05) is 53.1 Å². The Labute approximate surface area is 213 Å². The van der Waals surface area contributed by atoms with Gasteiger partial charge in [-0.1, -0.05) is 18.7 Å². The second-order valence-corrected chi connectivity index (χ2v) is 9.03. The first-order chi connectivity index (χ1) is 18.0. The molecule has 3 aromatic rings. The standard InChI is InChI=1S/C28H29FN2O6/c1-3-13-36-22-7-5-18(16-23(22)34-2)25-24-26(32)20-17-19(29)6-8-21(20)37-27(24)28(33)31(25)10-4-9-30-11-14-35-15-12-30/h3,5-8,16-17,25H,1,4,9-15H2,2H3. The number of halogens is 1. The molecule has 1 unspecified atom stereocenters. The lowest BCUT2D eigenvalue weighted by atomic mass is 9.98. The number of fused-ring (bicyclic) bond motifs is 2. The first kappa shape index (κ1) is 25.0. The van der Waals surface area contributed by atoms with Crippen LogP contribution < -0.4 is 14.9 Å². The average molecular weight is 509 g/mol. The summed E-state index contributed by atoms with van der Waals surface area (Å²) in [4.78, 5) is 31.2. The van der Waals surface area contributed by atoms with E-state index in [-0.39, 0.29) is 28.2 Å². The minimum absolute atomic E-state index is 0.00793. The Hall–Kier alpha value is -3.69. The van der Waals surface area contributed by atoms with E-state index in [2.05, 4.69) is 11.5 Å². The van der Waals surface area contributed by atoms with Crippen LogP contribution >= 0.6 is 0 Å². The van der Waals surface area contributed by atoms with E-state index >= 15 is 0 Å². The molecule has 0 N–H and O–H groups in total. The lowest BCUT2D eigenvalue weighted by molar-refractivity contribution is 0.0353. The highest BCUT2D eigenvalue weighted by molar-refractivity contribution is 5.99. The van der Waals surface area contributed by atoms with Crippen molar-refractivity contribution in [3.63, 3.8) is 0 Å². The van der Waals surface area contributed by atoms with Gasteiger partial charge in [0.05, 0.1) is 37.3 Å². The summed E-state index contributed by atoms with van der Waals surface area (Å²) in [5.74, 6) is 0.0583. The van der Waals surface area contributed by atoms with E-state index in [0.717, 1.165) is 25.7 Å². The number of morpholine rings is 1. The number of amides is 1. The lowest BCUT2D eigenvalue weighted by Crippen LogP contribution is -2.38. The molecule has 2 aliphatic heterocycles. The van der Waals surface area contributed by atoms with Crippen LogP contribution in [0.3, 0.4) is 0 Å². The normalized spacial score (nSPS) is 17.7. The molecule has 37 heavy (non-hydrogen) atoms. The molecular weight excluding hydrogens is 479 g/mol. The van der Waals surface area contributed by atoms with Gasteiger partial charge in [0.15, 0.2) is 16.9 Å². The zero-order valence-corrected chi connectivity index (χ0v) is 20.7. The molecule has 1 amide bonds. The van der Waals surface area contributed by atoms with Gasteiger partial charge in [-0.15, -0.1) is 0 Å². The monoisotopic (exact) mass is 508 g/mol. The fourth-order valence-corrected chi connectivity index (χ4v) is 4.98. The van der Waals surface area contributed by atoms with Crippen molar-refractivity contribution in [2.45, 2.75) is 12.5 Å². The van der Waals surface area contributed by atoms with Crippen molar-refractivity contribution in [1.82, 2.24) is 9.80 Å². The van der Waals surface area contributed by atoms with E-state index < -0.39 is 17.3 Å². The summed E-state index contributed by atoms with van der Waals surface area (Å²) in [6.07, 6.45) is 2.33. The van der Waals surface area contributed by atoms with Gasteiger partial charge in [0.25, 0.3) is 5.91 Å². The third-order valence-corrected chi connectivity index (χ3v) is 6.76. The van der Waals surface area contributed by atoms with Crippen molar-refractivity contribution >= 4 is 16.9 Å². The van der Waals surface area contributed by atoms with E-state index in [0.29, 0.717) is 49.8 Å². The summed E-state index contributed by atoms with van der Waals surface area (Å²) in [6, 6.07) is 8.34. The fraction of sp³-hybridized carbons (Fsp3) is 0.357. The summed E-state index contributed by atoms with van der Waals surface area (Å²) in [6.45, 7) is 8.25. The molecule has 0 radical (unpaired) electrons. The van der Waals surface area contributed by atoms with Gasteiger partial charge in [-0.25, -0.2) is 4.39 Å². The van der Waals surface area contributed by atoms with E-state index in [1.807, 2.05) is 0 Å². The van der Waals surface area contributed by atoms with Crippen molar-refractivity contribution < 1.29 is 27.8 Å². The van der Waals surface area contributed by atoms with Crippen LogP contribution in [0.25, 0.3) is 11.0 Å². The molecule has 194 valence electrons. The second kappa shape index (κ2) is 10.7. The smallest absolute Gasteiger partial charge is 0.290 e. The van der Waals surface area contributed by atoms with Gasteiger partial charge < -0.3 is 23.5 Å². The number of benzene rings is 2. The molecule has 0 saturated carbocycles. The van der Waals surface area contributed by atoms with Gasteiger partial charge in [0, 0.05) is 26.2 Å². The summed E-state index contributed by atoms with van der Waals surface area (Å²) in [5.41, 5.74) is 0.634. The zero-order chi connectivity index (χ0) is 25.9. The molecule has 1 atom stereocenters. The minimum Gasteiger partial charge on any atom is -0.493 e. The van der Waals surface area contributed by atoms with Crippen LogP contribution in [0.15, 0.2) is 58.3 Å². The molecule has 5 rings (SSSR count). The third kappa shape index (κ3) is 4.84. The molecule has 2 aliphatic rings. The summed E-state index contributed by atoms with van der Waals surface area (Å²) >= 11 is 0. The second-order valence-electron chi connectivity index (χ2n) is 9.03. The number of carbonyl (C=O) groups excluding carboxylic acids is 1. The highest BCUT2D eigenvalue weighted by Gasteiger charge is 2.42. The molecular formula is C28H29FN2O6. The van der Waals surface area contributed by atoms with Gasteiger partial charge in [0.1, 0.15) is 18.0 Å². The van der Waals surface area contributed by atoms with Crippen LogP contribution in [-0.4, -0.2) is 68.8 Å². The molecule has 0 spiro atoms. The van der Waals surface area contributed by atoms with Crippen LogP contribution in [-0.2, 0) is 4.74 Å². The maximum Gasteiger partial charge on any atom is 0.290 e. The van der Waals surface area contributed by atoms with E-state index in [1.165, 1.54) is 19.2 Å². The molecule has 8 nitrogen and oxygen atoms in total. The first-order valence-electron chi connectivity index (χ1n) is 12.3. The Bertz CT molecular complexity index is 1380. The maximum atomic E-state index is 14.0. The SMILES string of the molecule is C=CCOc1ccc(C2c3c(oc4ccc(F)cc4c3=O)C(=O)N2CCCN2CCOCC2)cc1OC. The number of rotatable bonds is 9. The molecule has 9 heteroatoms. The van der Waals surface area contributed by atoms with Crippen molar-refractivity contribution in [3.8, 4) is 11.5 Å². The summed E-state index contributed by atoms with van der Waals surface area (Å²) < 4.78 is 36.6. The Balaban J connectivity index is 1.55. The topological polar surface area (TPSA) is 81.5 Å². The molecule has 0 aliphatic carbocycles. The number of ether oxygens (including phenoxy) is 3. The molecule has 1 fully saturated rings. The van der Waals surface area contributed by atoms with E-state index in [4.69, 9.17) is 18.6 Å². The van der Waals surface area contributed by atoms with Gasteiger partial charge in [0.2, 0.25) is 5.76 Å². The molecule has 1 aromatic heterocycles. The van der Waals surface area contributed by atoms with Gasteiger partial charge >= 0.3 is 0 Å². The van der Waals surface area contributed by atoms with Crippen molar-refractivity contribution in [3.05, 3.63) is 82.0 Å². The quantitative estimate of drug-likeness (QED) is 0.407. The number of hydrogen-bond acceptors (Lipinski definition) is 7. The Morgan fingerprint density at radius 1 is 1.11 bits per heavy atom. The third-order valence-electron chi connectivity index (χ3n) is 6.76. The van der Waals surface area contributed by atoms with Crippen LogP contribution in [0.5, 0.6) is 11.5 Å². The Morgan fingerprint density at radius 2 is 1.92 bits per heavy atom. The molecule has 0 bridgehead atoms. The van der Waals surface area contributed by atoms with Gasteiger partial charge in [-0.3, -0.25) is 14.5 Å². The number of hydrogen-bond donors (Lipinski definition) is 0. The largest absolute Gasteiger partial charge is 0.493 e. The fourth-order valence-electron chi connectivity index (χ4n) is 4.98. The van der Waals surface area contributed by atoms with Crippen LogP contribution in [0.2, 0.25) is 0 Å². The number of methoxy groups -OCH3 is 1. The average Bonchev–Trinajstić information content (AvgIpc) is 3.20. The van der Waals surface area contributed by atoms with Crippen LogP contribution in [0.4, 0.5) is 4.39 Å². The number of nitrogens with zero attached hydrogens (tertiary/aromatic N) is 2.